The van der Waals surface area contributed by atoms with E-state index in [-0.39, 0.29) is 0 Å². The van der Waals surface area contributed by atoms with Gasteiger partial charge in [0.25, 0.3) is 0 Å². The monoisotopic (exact) mass is 789 g/mol. The molecule has 2 aromatic heterocycles. The Balaban J connectivity index is 1.15. The number of para-hydroxylation sites is 1. The minimum absolute atomic E-state index is 0.494. The van der Waals surface area contributed by atoms with Crippen molar-refractivity contribution in [1.29, 1.82) is 0 Å². The Morgan fingerprint density at radius 2 is 0.869 bits per heavy atom. The lowest BCUT2D eigenvalue weighted by atomic mass is 9.52. The average Bonchev–Trinajstić information content (AvgIpc) is 3.96. The fraction of sp³-hybridized carbons (Fsp3) is 0.0339. The molecule has 282 valence electrons. The first-order valence-corrected chi connectivity index (χ1v) is 22.0. The lowest BCUT2D eigenvalue weighted by Gasteiger charge is -2.49. The maximum atomic E-state index is 5.21. The number of thiophene rings is 1. The van der Waals surface area contributed by atoms with Gasteiger partial charge < -0.3 is 0 Å². The number of aromatic nitrogens is 1. The van der Waals surface area contributed by atoms with Crippen LogP contribution in [0.5, 0.6) is 0 Å². The van der Waals surface area contributed by atoms with Crippen LogP contribution in [0, 0.1) is 0 Å². The van der Waals surface area contributed by atoms with E-state index in [1.807, 2.05) is 11.3 Å². The number of rotatable bonds is 2. The highest BCUT2D eigenvalue weighted by atomic mass is 32.1. The number of hydrogen-bond donors (Lipinski definition) is 0. The Kier molecular flexibility index (Phi) is 6.63. The largest absolute Gasteiger partial charge is 0.248 e. The van der Waals surface area contributed by atoms with Crippen molar-refractivity contribution in [3.8, 4) is 44.6 Å². The van der Waals surface area contributed by atoms with Gasteiger partial charge in [-0.15, -0.1) is 11.3 Å². The Morgan fingerprint density at radius 1 is 0.328 bits per heavy atom. The molecular formula is C59H35NS. The van der Waals surface area contributed by atoms with E-state index in [1.165, 1.54) is 98.1 Å². The molecule has 11 aromatic rings. The molecule has 0 aliphatic heterocycles. The fourth-order valence-electron chi connectivity index (χ4n) is 11.9. The lowest BCUT2D eigenvalue weighted by molar-refractivity contribution is 0.636. The van der Waals surface area contributed by atoms with Crippen LogP contribution < -0.4 is 0 Å². The summed E-state index contributed by atoms with van der Waals surface area (Å²) in [5.74, 6) is 0. The molecule has 0 radical (unpaired) electrons. The van der Waals surface area contributed by atoms with E-state index in [9.17, 15) is 0 Å². The molecule has 0 saturated carbocycles. The number of fused-ring (bicyclic) bond motifs is 21. The Bertz CT molecular complexity index is 3570. The summed E-state index contributed by atoms with van der Waals surface area (Å²) in [6, 6.07) is 79.9. The second kappa shape index (κ2) is 12.1. The van der Waals surface area contributed by atoms with Gasteiger partial charge in [-0.05, 0) is 102 Å². The van der Waals surface area contributed by atoms with Crippen LogP contribution in [-0.2, 0) is 10.8 Å². The van der Waals surface area contributed by atoms with Crippen LogP contribution in [0.25, 0.3) is 75.7 Å². The third-order valence-corrected chi connectivity index (χ3v) is 15.4. The van der Waals surface area contributed by atoms with Crippen molar-refractivity contribution in [2.24, 2.45) is 0 Å². The highest BCUT2D eigenvalue weighted by Crippen LogP contribution is 2.68. The van der Waals surface area contributed by atoms with Gasteiger partial charge in [0, 0.05) is 31.1 Å². The minimum atomic E-state index is -0.614. The molecule has 9 aromatic carbocycles. The number of nitrogens with zero attached hydrogens (tertiary/aromatic N) is 1. The van der Waals surface area contributed by atoms with Crippen molar-refractivity contribution < 1.29 is 0 Å². The summed E-state index contributed by atoms with van der Waals surface area (Å²) < 4.78 is 2.69. The highest BCUT2D eigenvalue weighted by molar-refractivity contribution is 7.26. The van der Waals surface area contributed by atoms with Gasteiger partial charge >= 0.3 is 0 Å². The van der Waals surface area contributed by atoms with Crippen LogP contribution in [0.15, 0.2) is 212 Å². The van der Waals surface area contributed by atoms with Crippen molar-refractivity contribution in [2.75, 3.05) is 0 Å². The molecule has 2 heteroatoms. The van der Waals surface area contributed by atoms with Gasteiger partial charge in [-0.2, -0.15) is 0 Å². The highest BCUT2D eigenvalue weighted by Gasteiger charge is 2.59. The first-order chi connectivity index (χ1) is 30.3. The third-order valence-electron chi connectivity index (χ3n) is 14.2. The van der Waals surface area contributed by atoms with E-state index in [1.54, 1.807) is 0 Å². The van der Waals surface area contributed by atoms with E-state index >= 15 is 0 Å². The summed E-state index contributed by atoms with van der Waals surface area (Å²) in [5, 5.41) is 3.80. The molecule has 0 fully saturated rings. The summed E-state index contributed by atoms with van der Waals surface area (Å²) in [6.07, 6.45) is 0. The molecule has 0 unspecified atom stereocenters. The smallest absolute Gasteiger partial charge is 0.0734 e. The summed E-state index contributed by atoms with van der Waals surface area (Å²) in [6.45, 7) is 0. The standard InChI is InChI=1S/C59H35NS/c1-2-16-36(17-3-1)54-35-45(41-20-6-14-28-53(41)60-54)37-30-31-40-43-32-33-44-42-21-7-15-29-55(42)61-57(44)56(43)59(52(40)34-37)50-26-12-10-24-48(50)58(49-25-11-13-27-51(49)59)46-22-8-4-18-38(46)39-19-5-9-23-47(39)58/h1-35H. The van der Waals surface area contributed by atoms with E-state index in [0.717, 1.165) is 22.2 Å². The molecule has 2 heterocycles. The topological polar surface area (TPSA) is 12.9 Å². The quantitative estimate of drug-likeness (QED) is 0.170. The zero-order valence-electron chi connectivity index (χ0n) is 33.1. The molecule has 2 spiro atoms. The zero-order valence-corrected chi connectivity index (χ0v) is 33.9. The Morgan fingerprint density at radius 3 is 1.57 bits per heavy atom. The van der Waals surface area contributed by atoms with Crippen LogP contribution in [-0.4, -0.2) is 4.98 Å². The normalized spacial score (nSPS) is 14.5. The van der Waals surface area contributed by atoms with E-state index in [2.05, 4.69) is 212 Å². The average molecular weight is 790 g/mol. The minimum Gasteiger partial charge on any atom is -0.248 e. The molecule has 0 N–H and O–H groups in total. The van der Waals surface area contributed by atoms with Crippen molar-refractivity contribution >= 4 is 42.4 Å². The maximum absolute atomic E-state index is 5.21. The zero-order chi connectivity index (χ0) is 39.9. The molecule has 0 amide bonds. The SMILES string of the molecule is c1ccc(-c2cc(-c3ccc4c(c3)C3(c5ccccc5C5(c6ccccc6-c6ccccc65)c5ccccc53)c3c-4ccc4c3sc3ccccc34)c3ccccc3n2)cc1. The van der Waals surface area contributed by atoms with Gasteiger partial charge in [0.2, 0.25) is 0 Å². The van der Waals surface area contributed by atoms with Gasteiger partial charge in [0.1, 0.15) is 0 Å². The first-order valence-electron chi connectivity index (χ1n) is 21.2. The van der Waals surface area contributed by atoms with Crippen LogP contribution in [0.2, 0.25) is 0 Å². The molecule has 0 bridgehead atoms. The van der Waals surface area contributed by atoms with Crippen LogP contribution in [0.1, 0.15) is 44.5 Å². The molecule has 3 aliphatic rings. The lowest BCUT2D eigenvalue weighted by Crippen LogP contribution is -2.43. The third kappa shape index (κ3) is 4.13. The van der Waals surface area contributed by atoms with Crippen molar-refractivity contribution in [3.05, 3.63) is 257 Å². The fourth-order valence-corrected chi connectivity index (χ4v) is 13.2. The molecule has 0 saturated heterocycles. The molecule has 0 atom stereocenters. The number of benzene rings is 9. The first kappa shape index (κ1) is 33.4. The van der Waals surface area contributed by atoms with E-state index in [0.29, 0.717) is 0 Å². The summed E-state index contributed by atoms with van der Waals surface area (Å²) in [7, 11) is 0. The van der Waals surface area contributed by atoms with Crippen molar-refractivity contribution in [2.45, 2.75) is 10.8 Å². The predicted molar refractivity (Wildman–Crippen MR) is 254 cm³/mol. The summed E-state index contributed by atoms with van der Waals surface area (Å²) in [4.78, 5) is 5.21. The molecule has 1 nitrogen and oxygen atoms in total. The molecular weight excluding hydrogens is 755 g/mol. The van der Waals surface area contributed by atoms with E-state index in [4.69, 9.17) is 4.98 Å². The Labute approximate surface area is 357 Å². The molecule has 14 rings (SSSR count). The molecule has 61 heavy (non-hydrogen) atoms. The van der Waals surface area contributed by atoms with Gasteiger partial charge in [-0.25, -0.2) is 4.98 Å². The second-order valence-corrected chi connectivity index (χ2v) is 17.9. The van der Waals surface area contributed by atoms with Gasteiger partial charge in [0.15, 0.2) is 0 Å². The maximum Gasteiger partial charge on any atom is 0.0734 e. The second-order valence-electron chi connectivity index (χ2n) is 16.8. The summed E-state index contributed by atoms with van der Waals surface area (Å²) in [5.41, 5.74) is 20.5. The number of hydrogen-bond acceptors (Lipinski definition) is 2. The predicted octanol–water partition coefficient (Wildman–Crippen LogP) is 15.0. The van der Waals surface area contributed by atoms with Gasteiger partial charge in [0.05, 0.1) is 22.0 Å². The van der Waals surface area contributed by atoms with Crippen LogP contribution >= 0.6 is 11.3 Å². The molecule has 3 aliphatic carbocycles. The van der Waals surface area contributed by atoms with Gasteiger partial charge in [-0.3, -0.25) is 0 Å². The Hall–Kier alpha value is -7.39. The van der Waals surface area contributed by atoms with Crippen LogP contribution in [0.3, 0.4) is 0 Å². The van der Waals surface area contributed by atoms with Crippen molar-refractivity contribution in [1.82, 2.24) is 4.98 Å². The van der Waals surface area contributed by atoms with E-state index < -0.39 is 10.8 Å². The summed E-state index contributed by atoms with van der Waals surface area (Å²) >= 11 is 1.95. The van der Waals surface area contributed by atoms with Crippen molar-refractivity contribution in [3.63, 3.8) is 0 Å². The number of pyridine rings is 1. The van der Waals surface area contributed by atoms with Gasteiger partial charge in [-0.1, -0.05) is 188 Å². The van der Waals surface area contributed by atoms with Crippen LogP contribution in [0.4, 0.5) is 0 Å².